The summed E-state index contributed by atoms with van der Waals surface area (Å²) in [6.07, 6.45) is 0. The maximum absolute atomic E-state index is 12.6. The summed E-state index contributed by atoms with van der Waals surface area (Å²) < 4.78 is 0. The zero-order chi connectivity index (χ0) is 15.5. The van der Waals surface area contributed by atoms with E-state index in [1.165, 1.54) is 5.69 Å². The van der Waals surface area contributed by atoms with Crippen LogP contribution in [-0.4, -0.2) is 36.5 Å². The van der Waals surface area contributed by atoms with Gasteiger partial charge in [-0.15, -0.1) is 0 Å². The van der Waals surface area contributed by atoms with E-state index in [9.17, 15) is 4.79 Å². The van der Waals surface area contributed by atoms with E-state index in [1.807, 2.05) is 35.2 Å². The maximum atomic E-state index is 12.6. The molecular formula is C18H19ClN2O. The lowest BCUT2D eigenvalue weighted by atomic mass is 10.1. The fourth-order valence-electron chi connectivity index (χ4n) is 2.95. The minimum atomic E-state index is 0.0187. The highest BCUT2D eigenvalue weighted by molar-refractivity contribution is 6.33. The third kappa shape index (κ3) is 2.95. The number of rotatable bonds is 2. The number of carbonyl (C=O) groups excluding carboxylic acids is 1. The van der Waals surface area contributed by atoms with Gasteiger partial charge in [-0.25, -0.2) is 0 Å². The highest BCUT2D eigenvalue weighted by atomic mass is 35.5. The summed E-state index contributed by atoms with van der Waals surface area (Å²) in [6.45, 7) is 4.41. The Bertz CT molecular complexity index is 659. The van der Waals surface area contributed by atoms with Gasteiger partial charge in [0.15, 0.2) is 0 Å². The number of hydrogen-bond donors (Lipinski definition) is 0. The van der Waals surface area contributed by atoms with Gasteiger partial charge in [0, 0.05) is 31.4 Å². The first-order valence-electron chi connectivity index (χ1n) is 7.52. The third-order valence-electron chi connectivity index (χ3n) is 4.11. The SMILES string of the molecule is CC1CN(C(=O)c2ccccc2Cl)CCN1c1ccccc1. The molecule has 1 amide bonds. The third-order valence-corrected chi connectivity index (χ3v) is 4.44. The largest absolute Gasteiger partial charge is 0.365 e. The van der Waals surface area contributed by atoms with E-state index in [-0.39, 0.29) is 11.9 Å². The van der Waals surface area contributed by atoms with Crippen LogP contribution in [0.2, 0.25) is 5.02 Å². The van der Waals surface area contributed by atoms with Gasteiger partial charge in [-0.1, -0.05) is 41.9 Å². The molecule has 1 fully saturated rings. The molecule has 4 heteroatoms. The smallest absolute Gasteiger partial charge is 0.255 e. The van der Waals surface area contributed by atoms with E-state index >= 15 is 0 Å². The highest BCUT2D eigenvalue weighted by Gasteiger charge is 2.28. The molecular weight excluding hydrogens is 296 g/mol. The molecule has 0 saturated carbocycles. The molecule has 22 heavy (non-hydrogen) atoms. The number of benzene rings is 2. The summed E-state index contributed by atoms with van der Waals surface area (Å²) in [4.78, 5) is 16.9. The second kappa shape index (κ2) is 6.41. The van der Waals surface area contributed by atoms with Crippen molar-refractivity contribution in [1.29, 1.82) is 0 Å². The van der Waals surface area contributed by atoms with E-state index in [2.05, 4.69) is 24.0 Å². The van der Waals surface area contributed by atoms with Crippen molar-refractivity contribution in [3.8, 4) is 0 Å². The van der Waals surface area contributed by atoms with Gasteiger partial charge in [0.2, 0.25) is 0 Å². The normalized spacial score (nSPS) is 18.4. The summed E-state index contributed by atoms with van der Waals surface area (Å²) in [5.41, 5.74) is 1.80. The van der Waals surface area contributed by atoms with Crippen molar-refractivity contribution < 1.29 is 4.79 Å². The minimum Gasteiger partial charge on any atom is -0.365 e. The van der Waals surface area contributed by atoms with Crippen molar-refractivity contribution in [3.05, 3.63) is 65.2 Å². The van der Waals surface area contributed by atoms with Crippen molar-refractivity contribution in [2.75, 3.05) is 24.5 Å². The maximum Gasteiger partial charge on any atom is 0.255 e. The van der Waals surface area contributed by atoms with Crippen LogP contribution in [0.4, 0.5) is 5.69 Å². The highest BCUT2D eigenvalue weighted by Crippen LogP contribution is 2.23. The molecule has 0 radical (unpaired) electrons. The van der Waals surface area contributed by atoms with Gasteiger partial charge in [-0.05, 0) is 31.2 Å². The molecule has 0 aromatic heterocycles. The molecule has 3 rings (SSSR count). The molecule has 0 aliphatic carbocycles. The Morgan fingerprint density at radius 1 is 1.05 bits per heavy atom. The van der Waals surface area contributed by atoms with Crippen LogP contribution in [0.5, 0.6) is 0 Å². The van der Waals surface area contributed by atoms with Crippen molar-refractivity contribution >= 4 is 23.2 Å². The molecule has 0 N–H and O–H groups in total. The van der Waals surface area contributed by atoms with Crippen molar-refractivity contribution in [2.24, 2.45) is 0 Å². The van der Waals surface area contributed by atoms with Crippen molar-refractivity contribution in [3.63, 3.8) is 0 Å². The van der Waals surface area contributed by atoms with Gasteiger partial charge in [-0.2, -0.15) is 0 Å². The van der Waals surface area contributed by atoms with Gasteiger partial charge >= 0.3 is 0 Å². The van der Waals surface area contributed by atoms with E-state index < -0.39 is 0 Å². The Morgan fingerprint density at radius 2 is 1.73 bits per heavy atom. The molecule has 2 aromatic rings. The van der Waals surface area contributed by atoms with E-state index in [0.717, 1.165) is 6.54 Å². The second-order valence-corrected chi connectivity index (χ2v) is 6.02. The van der Waals surface area contributed by atoms with Crippen LogP contribution < -0.4 is 4.90 Å². The Kier molecular flexibility index (Phi) is 4.34. The van der Waals surface area contributed by atoms with E-state index in [4.69, 9.17) is 11.6 Å². The number of halogens is 1. The fraction of sp³-hybridized carbons (Fsp3) is 0.278. The molecule has 1 saturated heterocycles. The van der Waals surface area contributed by atoms with Crippen LogP contribution in [0.1, 0.15) is 17.3 Å². The summed E-state index contributed by atoms with van der Waals surface area (Å²) in [7, 11) is 0. The first-order chi connectivity index (χ1) is 10.7. The van der Waals surface area contributed by atoms with Gasteiger partial charge in [-0.3, -0.25) is 4.79 Å². The Hall–Kier alpha value is -2.00. The fourth-order valence-corrected chi connectivity index (χ4v) is 3.17. The molecule has 0 spiro atoms. The lowest BCUT2D eigenvalue weighted by Crippen LogP contribution is -2.53. The van der Waals surface area contributed by atoms with Crippen LogP contribution >= 0.6 is 11.6 Å². The molecule has 3 nitrogen and oxygen atoms in total. The first-order valence-corrected chi connectivity index (χ1v) is 7.90. The second-order valence-electron chi connectivity index (χ2n) is 5.61. The zero-order valence-electron chi connectivity index (χ0n) is 12.6. The summed E-state index contributed by atoms with van der Waals surface area (Å²) in [6, 6.07) is 17.9. The first kappa shape index (κ1) is 14.9. The molecule has 114 valence electrons. The molecule has 2 aromatic carbocycles. The van der Waals surface area contributed by atoms with Gasteiger partial charge in [0.25, 0.3) is 5.91 Å². The van der Waals surface area contributed by atoms with Gasteiger partial charge in [0.05, 0.1) is 10.6 Å². The quantitative estimate of drug-likeness (QED) is 0.844. The minimum absolute atomic E-state index is 0.0187. The number of nitrogens with zero attached hydrogens (tertiary/aromatic N) is 2. The number of carbonyl (C=O) groups is 1. The molecule has 1 atom stereocenters. The summed E-state index contributed by atoms with van der Waals surface area (Å²) in [5.74, 6) is 0.0187. The molecule has 1 aliphatic rings. The van der Waals surface area contributed by atoms with Crippen LogP contribution in [0.15, 0.2) is 54.6 Å². The van der Waals surface area contributed by atoms with Crippen LogP contribution in [0.25, 0.3) is 0 Å². The number of piperazine rings is 1. The summed E-state index contributed by atoms with van der Waals surface area (Å²) in [5, 5.41) is 0.519. The molecule has 0 bridgehead atoms. The lowest BCUT2D eigenvalue weighted by Gasteiger charge is -2.41. The topological polar surface area (TPSA) is 23.6 Å². The lowest BCUT2D eigenvalue weighted by molar-refractivity contribution is 0.0726. The number of para-hydroxylation sites is 1. The van der Waals surface area contributed by atoms with E-state index in [0.29, 0.717) is 23.7 Å². The Morgan fingerprint density at radius 3 is 2.41 bits per heavy atom. The predicted octanol–water partition coefficient (Wildman–Crippen LogP) is 3.69. The zero-order valence-corrected chi connectivity index (χ0v) is 13.3. The number of hydrogen-bond acceptors (Lipinski definition) is 2. The number of anilines is 1. The van der Waals surface area contributed by atoms with Crippen LogP contribution in [0.3, 0.4) is 0 Å². The summed E-state index contributed by atoms with van der Waals surface area (Å²) >= 11 is 6.14. The monoisotopic (exact) mass is 314 g/mol. The van der Waals surface area contributed by atoms with Crippen molar-refractivity contribution in [1.82, 2.24) is 4.90 Å². The standard InChI is InChI=1S/C18H19ClN2O/c1-14-13-20(18(22)16-9-5-6-10-17(16)19)11-12-21(14)15-7-3-2-4-8-15/h2-10,14H,11-13H2,1H3. The van der Waals surface area contributed by atoms with Crippen molar-refractivity contribution in [2.45, 2.75) is 13.0 Å². The average Bonchev–Trinajstić information content (AvgIpc) is 2.55. The molecule has 1 heterocycles. The van der Waals surface area contributed by atoms with E-state index in [1.54, 1.807) is 12.1 Å². The Labute approximate surface area is 136 Å². The van der Waals surface area contributed by atoms with Crippen LogP contribution in [0, 0.1) is 0 Å². The Balaban J connectivity index is 1.73. The van der Waals surface area contributed by atoms with Crippen LogP contribution in [-0.2, 0) is 0 Å². The molecule has 1 aliphatic heterocycles. The molecule has 1 unspecified atom stereocenters. The van der Waals surface area contributed by atoms with Gasteiger partial charge in [0.1, 0.15) is 0 Å². The average molecular weight is 315 g/mol. The van der Waals surface area contributed by atoms with Gasteiger partial charge < -0.3 is 9.80 Å². The number of amides is 1. The predicted molar refractivity (Wildman–Crippen MR) is 90.6 cm³/mol.